The monoisotopic (exact) mass is 306 g/mol. The average Bonchev–Trinajstić information content (AvgIpc) is 2.98. The summed E-state index contributed by atoms with van der Waals surface area (Å²) in [7, 11) is 0. The van der Waals surface area contributed by atoms with E-state index in [1.807, 2.05) is 0 Å². The Kier molecular flexibility index (Phi) is 4.12. The lowest BCUT2D eigenvalue weighted by atomic mass is 10.1. The van der Waals surface area contributed by atoms with Crippen LogP contribution in [0.4, 0.5) is 5.69 Å². The normalized spacial score (nSPS) is 15.9. The van der Waals surface area contributed by atoms with Crippen molar-refractivity contribution in [2.75, 3.05) is 18.4 Å². The van der Waals surface area contributed by atoms with Crippen LogP contribution in [0.5, 0.6) is 0 Å². The maximum absolute atomic E-state index is 12.1. The van der Waals surface area contributed by atoms with Crippen molar-refractivity contribution in [3.63, 3.8) is 0 Å². The van der Waals surface area contributed by atoms with Crippen molar-refractivity contribution in [3.05, 3.63) is 35.4 Å². The van der Waals surface area contributed by atoms with E-state index >= 15 is 0 Å². The van der Waals surface area contributed by atoms with Gasteiger partial charge in [-0.25, -0.2) is 9.67 Å². The molecule has 1 aliphatic rings. The summed E-state index contributed by atoms with van der Waals surface area (Å²) in [6.45, 7) is 1.92. The molecule has 1 fully saturated rings. The van der Waals surface area contributed by atoms with E-state index in [9.17, 15) is 4.79 Å². The second kappa shape index (κ2) is 6.19. The number of carbonyl (C=O) groups excluding carboxylic acids is 1. The van der Waals surface area contributed by atoms with E-state index in [0.717, 1.165) is 25.9 Å². The standard InChI is InChI=1S/C13H15ClN6O/c14-12-7-9(1-6-16-12)17-13(21)11-8-20(19-18-11)10-2-4-15-5-3-10/h1,6-8,10,15H,2-5H2,(H,16,17,21). The minimum absolute atomic E-state index is 0.293. The number of hydrogen-bond donors (Lipinski definition) is 2. The van der Waals surface area contributed by atoms with Gasteiger partial charge in [0, 0.05) is 11.9 Å². The zero-order chi connectivity index (χ0) is 14.7. The number of aromatic nitrogens is 4. The quantitative estimate of drug-likeness (QED) is 0.840. The number of anilines is 1. The molecule has 8 heteroatoms. The zero-order valence-corrected chi connectivity index (χ0v) is 12.0. The van der Waals surface area contributed by atoms with Crippen LogP contribution in [0.3, 0.4) is 0 Å². The molecule has 0 atom stereocenters. The van der Waals surface area contributed by atoms with Crippen LogP contribution in [0.25, 0.3) is 0 Å². The van der Waals surface area contributed by atoms with Gasteiger partial charge >= 0.3 is 0 Å². The van der Waals surface area contributed by atoms with Crippen molar-refractivity contribution in [3.8, 4) is 0 Å². The van der Waals surface area contributed by atoms with E-state index in [1.165, 1.54) is 6.20 Å². The van der Waals surface area contributed by atoms with E-state index in [1.54, 1.807) is 23.0 Å². The summed E-state index contributed by atoms with van der Waals surface area (Å²) in [6, 6.07) is 3.55. The van der Waals surface area contributed by atoms with E-state index < -0.39 is 0 Å². The van der Waals surface area contributed by atoms with Gasteiger partial charge in [-0.2, -0.15) is 0 Å². The number of piperidine rings is 1. The summed E-state index contributed by atoms with van der Waals surface area (Å²) in [5.41, 5.74) is 0.873. The summed E-state index contributed by atoms with van der Waals surface area (Å²) in [4.78, 5) is 16.0. The fourth-order valence-corrected chi connectivity index (χ4v) is 2.48. The molecule has 3 heterocycles. The molecule has 0 spiro atoms. The SMILES string of the molecule is O=C(Nc1ccnc(Cl)c1)c1cn(C2CCNCC2)nn1. The number of carbonyl (C=O) groups is 1. The van der Waals surface area contributed by atoms with Crippen molar-refractivity contribution in [2.45, 2.75) is 18.9 Å². The van der Waals surface area contributed by atoms with Gasteiger partial charge in [-0.15, -0.1) is 5.10 Å². The molecule has 2 aromatic rings. The Hall–Kier alpha value is -1.99. The molecule has 7 nitrogen and oxygen atoms in total. The number of nitrogens with zero attached hydrogens (tertiary/aromatic N) is 4. The van der Waals surface area contributed by atoms with Gasteiger partial charge in [0.15, 0.2) is 5.69 Å². The molecule has 1 aliphatic heterocycles. The fourth-order valence-electron chi connectivity index (χ4n) is 2.31. The van der Waals surface area contributed by atoms with E-state index in [-0.39, 0.29) is 5.91 Å². The Morgan fingerprint density at radius 2 is 2.24 bits per heavy atom. The summed E-state index contributed by atoms with van der Waals surface area (Å²) >= 11 is 5.78. The molecule has 0 bridgehead atoms. The van der Waals surface area contributed by atoms with Gasteiger partial charge in [0.2, 0.25) is 0 Å². The third kappa shape index (κ3) is 3.37. The number of rotatable bonds is 3. The number of halogens is 1. The zero-order valence-electron chi connectivity index (χ0n) is 11.3. The summed E-state index contributed by atoms with van der Waals surface area (Å²) in [5.74, 6) is -0.308. The highest BCUT2D eigenvalue weighted by Crippen LogP contribution is 2.18. The van der Waals surface area contributed by atoms with Crippen LogP contribution in [0.15, 0.2) is 24.5 Å². The van der Waals surface area contributed by atoms with E-state index in [2.05, 4.69) is 25.9 Å². The molecule has 0 saturated carbocycles. The molecule has 0 aromatic carbocycles. The third-order valence-electron chi connectivity index (χ3n) is 3.41. The highest BCUT2D eigenvalue weighted by Gasteiger charge is 2.18. The largest absolute Gasteiger partial charge is 0.320 e. The molecule has 2 aromatic heterocycles. The molecule has 2 N–H and O–H groups in total. The van der Waals surface area contributed by atoms with Gasteiger partial charge < -0.3 is 10.6 Å². The topological polar surface area (TPSA) is 84.7 Å². The number of hydrogen-bond acceptors (Lipinski definition) is 5. The van der Waals surface area contributed by atoms with Crippen LogP contribution in [-0.4, -0.2) is 39.0 Å². The molecule has 1 saturated heterocycles. The second-order valence-electron chi connectivity index (χ2n) is 4.89. The lowest BCUT2D eigenvalue weighted by molar-refractivity contribution is 0.102. The Balaban J connectivity index is 1.69. The van der Waals surface area contributed by atoms with Gasteiger partial charge in [0.25, 0.3) is 5.91 Å². The van der Waals surface area contributed by atoms with Crippen molar-refractivity contribution < 1.29 is 4.79 Å². The average molecular weight is 307 g/mol. The predicted octanol–water partition coefficient (Wildman–Crippen LogP) is 1.50. The first-order valence-corrected chi connectivity index (χ1v) is 7.15. The van der Waals surface area contributed by atoms with Gasteiger partial charge in [0.1, 0.15) is 5.15 Å². The Bertz CT molecular complexity index is 637. The molecule has 0 radical (unpaired) electrons. The van der Waals surface area contributed by atoms with Gasteiger partial charge in [-0.1, -0.05) is 16.8 Å². The smallest absolute Gasteiger partial charge is 0.277 e. The highest BCUT2D eigenvalue weighted by atomic mass is 35.5. The molecule has 1 amide bonds. The van der Waals surface area contributed by atoms with Crippen molar-refractivity contribution >= 4 is 23.2 Å². The van der Waals surface area contributed by atoms with Gasteiger partial charge in [0.05, 0.1) is 12.2 Å². The maximum Gasteiger partial charge on any atom is 0.277 e. The summed E-state index contributed by atoms with van der Waals surface area (Å²) < 4.78 is 1.77. The molecular weight excluding hydrogens is 292 g/mol. The molecular formula is C13H15ClN6O. The second-order valence-corrected chi connectivity index (χ2v) is 5.27. The lowest BCUT2D eigenvalue weighted by Crippen LogP contribution is -2.29. The predicted molar refractivity (Wildman–Crippen MR) is 78.4 cm³/mol. The Labute approximate surface area is 126 Å². The first-order chi connectivity index (χ1) is 10.2. The Morgan fingerprint density at radius 3 is 3.00 bits per heavy atom. The summed E-state index contributed by atoms with van der Waals surface area (Å²) in [6.07, 6.45) is 5.20. The Morgan fingerprint density at radius 1 is 1.43 bits per heavy atom. The number of amides is 1. The van der Waals surface area contributed by atoms with E-state index in [0.29, 0.717) is 22.6 Å². The van der Waals surface area contributed by atoms with Crippen molar-refractivity contribution in [1.82, 2.24) is 25.3 Å². The summed E-state index contributed by atoms with van der Waals surface area (Å²) in [5, 5.41) is 14.3. The van der Waals surface area contributed by atoms with Crippen LogP contribution in [-0.2, 0) is 0 Å². The molecule has 0 unspecified atom stereocenters. The molecule has 21 heavy (non-hydrogen) atoms. The van der Waals surface area contributed by atoms with Gasteiger partial charge in [-0.3, -0.25) is 4.79 Å². The third-order valence-corrected chi connectivity index (χ3v) is 3.62. The minimum Gasteiger partial charge on any atom is -0.320 e. The molecule has 110 valence electrons. The van der Waals surface area contributed by atoms with Crippen LogP contribution < -0.4 is 10.6 Å². The van der Waals surface area contributed by atoms with Crippen LogP contribution >= 0.6 is 11.6 Å². The van der Waals surface area contributed by atoms with Gasteiger partial charge in [-0.05, 0) is 38.1 Å². The highest BCUT2D eigenvalue weighted by molar-refractivity contribution is 6.29. The van der Waals surface area contributed by atoms with Crippen molar-refractivity contribution in [1.29, 1.82) is 0 Å². The first kappa shape index (κ1) is 14.0. The van der Waals surface area contributed by atoms with Crippen LogP contribution in [0.1, 0.15) is 29.4 Å². The van der Waals surface area contributed by atoms with Crippen LogP contribution in [0.2, 0.25) is 5.15 Å². The van der Waals surface area contributed by atoms with E-state index in [4.69, 9.17) is 11.6 Å². The van der Waals surface area contributed by atoms with Crippen LogP contribution in [0, 0.1) is 0 Å². The minimum atomic E-state index is -0.308. The fraction of sp³-hybridized carbons (Fsp3) is 0.385. The molecule has 3 rings (SSSR count). The maximum atomic E-state index is 12.1. The molecule has 0 aliphatic carbocycles. The van der Waals surface area contributed by atoms with Crippen molar-refractivity contribution in [2.24, 2.45) is 0 Å². The first-order valence-electron chi connectivity index (χ1n) is 6.78. The number of nitrogens with one attached hydrogen (secondary N) is 2. The lowest BCUT2D eigenvalue weighted by Gasteiger charge is -2.22. The number of pyridine rings is 1.